The maximum atomic E-state index is 12.6. The van der Waals surface area contributed by atoms with E-state index in [1.807, 2.05) is 41.3 Å². The Bertz CT molecular complexity index is 930. The summed E-state index contributed by atoms with van der Waals surface area (Å²) in [7, 11) is 0. The van der Waals surface area contributed by atoms with E-state index in [0.717, 1.165) is 30.3 Å². The molecular weight excluding hydrogens is 328 g/mol. The van der Waals surface area contributed by atoms with Crippen LogP contribution in [0.15, 0.2) is 48.7 Å². The normalized spacial score (nSPS) is 17.2. The number of piperidine rings is 1. The van der Waals surface area contributed by atoms with Gasteiger partial charge in [0.1, 0.15) is 11.6 Å². The van der Waals surface area contributed by atoms with Crippen LogP contribution in [-0.2, 0) is 4.79 Å². The number of carbonyl (C=O) groups is 1. The average molecular weight is 348 g/mol. The van der Waals surface area contributed by atoms with Gasteiger partial charge in [-0.15, -0.1) is 0 Å². The Hall–Kier alpha value is -3.22. The molecule has 132 valence electrons. The number of hydrogen-bond donors (Lipinski definition) is 2. The topological polar surface area (TPSA) is 97.0 Å². The van der Waals surface area contributed by atoms with Crippen molar-refractivity contribution >= 4 is 34.4 Å². The number of nitrogens with two attached hydrogens (primary N) is 1. The fourth-order valence-electron chi connectivity index (χ4n) is 3.27. The van der Waals surface area contributed by atoms with Gasteiger partial charge in [0.05, 0.1) is 11.4 Å². The quantitative estimate of drug-likeness (QED) is 0.755. The van der Waals surface area contributed by atoms with Crippen LogP contribution in [0.4, 0.5) is 17.6 Å². The molecule has 3 heterocycles. The highest BCUT2D eigenvalue weighted by Gasteiger charge is 2.27. The van der Waals surface area contributed by atoms with E-state index in [1.54, 1.807) is 12.3 Å². The molecule has 1 aromatic carbocycles. The van der Waals surface area contributed by atoms with Crippen molar-refractivity contribution in [2.45, 2.75) is 12.8 Å². The molecule has 26 heavy (non-hydrogen) atoms. The molecule has 0 bridgehead atoms. The van der Waals surface area contributed by atoms with Gasteiger partial charge < -0.3 is 16.0 Å². The third-order valence-corrected chi connectivity index (χ3v) is 4.61. The molecule has 2 aromatic heterocycles. The molecule has 3 aromatic rings. The van der Waals surface area contributed by atoms with Gasteiger partial charge in [0.2, 0.25) is 11.9 Å². The molecule has 1 atom stereocenters. The molecule has 1 aliphatic rings. The van der Waals surface area contributed by atoms with Crippen molar-refractivity contribution in [3.8, 4) is 0 Å². The largest absolute Gasteiger partial charge is 0.383 e. The van der Waals surface area contributed by atoms with Gasteiger partial charge in [0, 0.05) is 24.7 Å². The molecule has 1 aliphatic heterocycles. The van der Waals surface area contributed by atoms with E-state index in [4.69, 9.17) is 5.73 Å². The Labute approximate surface area is 151 Å². The number of carbonyl (C=O) groups excluding carboxylic acids is 1. The molecular formula is C19H20N6O. The summed E-state index contributed by atoms with van der Waals surface area (Å²) >= 11 is 0. The van der Waals surface area contributed by atoms with Crippen LogP contribution in [0.5, 0.6) is 0 Å². The monoisotopic (exact) mass is 348 g/mol. The number of nitrogens with one attached hydrogen (secondary N) is 1. The number of anilines is 3. The average Bonchev–Trinajstić information content (AvgIpc) is 2.69. The van der Waals surface area contributed by atoms with Gasteiger partial charge in [-0.05, 0) is 37.1 Å². The predicted octanol–water partition coefficient (Wildman–Crippen LogP) is 2.46. The number of nitrogen functional groups attached to an aromatic ring is 1. The molecule has 4 rings (SSSR count). The molecule has 0 saturated carbocycles. The third kappa shape index (κ3) is 3.28. The van der Waals surface area contributed by atoms with Crippen molar-refractivity contribution in [3.05, 3.63) is 48.7 Å². The van der Waals surface area contributed by atoms with Crippen molar-refractivity contribution in [1.82, 2.24) is 15.0 Å². The molecule has 0 radical (unpaired) electrons. The molecule has 7 heteroatoms. The van der Waals surface area contributed by atoms with Crippen LogP contribution >= 0.6 is 0 Å². The van der Waals surface area contributed by atoms with E-state index in [-0.39, 0.29) is 11.8 Å². The minimum atomic E-state index is -0.137. The SMILES string of the molecule is Nc1nc(N2CCCC(C(=O)Nc3ccccn3)C2)nc2ccccc12. The first-order valence-corrected chi connectivity index (χ1v) is 8.70. The second kappa shape index (κ2) is 6.95. The lowest BCUT2D eigenvalue weighted by molar-refractivity contribution is -0.120. The minimum Gasteiger partial charge on any atom is -0.383 e. The highest BCUT2D eigenvalue weighted by atomic mass is 16.2. The van der Waals surface area contributed by atoms with E-state index >= 15 is 0 Å². The number of hydrogen-bond acceptors (Lipinski definition) is 6. The van der Waals surface area contributed by atoms with E-state index < -0.39 is 0 Å². The molecule has 3 N–H and O–H groups in total. The Balaban J connectivity index is 1.52. The fourth-order valence-corrected chi connectivity index (χ4v) is 3.27. The van der Waals surface area contributed by atoms with Crippen LogP contribution < -0.4 is 16.0 Å². The molecule has 0 spiro atoms. The van der Waals surface area contributed by atoms with Crippen LogP contribution in [-0.4, -0.2) is 33.9 Å². The molecule has 1 saturated heterocycles. The molecule has 1 fully saturated rings. The maximum Gasteiger partial charge on any atom is 0.230 e. The molecule has 1 amide bonds. The first-order chi connectivity index (χ1) is 12.7. The number of aromatic nitrogens is 3. The smallest absolute Gasteiger partial charge is 0.230 e. The third-order valence-electron chi connectivity index (χ3n) is 4.61. The predicted molar refractivity (Wildman–Crippen MR) is 102 cm³/mol. The highest BCUT2D eigenvalue weighted by Crippen LogP contribution is 2.25. The van der Waals surface area contributed by atoms with Gasteiger partial charge in [-0.2, -0.15) is 4.98 Å². The lowest BCUT2D eigenvalue weighted by Crippen LogP contribution is -2.41. The molecule has 7 nitrogen and oxygen atoms in total. The summed E-state index contributed by atoms with van der Waals surface area (Å²) in [4.78, 5) is 27.8. The zero-order chi connectivity index (χ0) is 17.9. The zero-order valence-corrected chi connectivity index (χ0v) is 14.3. The van der Waals surface area contributed by atoms with Crippen molar-refractivity contribution < 1.29 is 4.79 Å². The van der Waals surface area contributed by atoms with Gasteiger partial charge in [-0.1, -0.05) is 18.2 Å². The fraction of sp³-hybridized carbons (Fsp3) is 0.263. The van der Waals surface area contributed by atoms with E-state index in [1.165, 1.54) is 0 Å². The maximum absolute atomic E-state index is 12.6. The van der Waals surface area contributed by atoms with Crippen LogP contribution in [0.25, 0.3) is 10.9 Å². The number of fused-ring (bicyclic) bond motifs is 1. The summed E-state index contributed by atoms with van der Waals surface area (Å²) in [6, 6.07) is 13.1. The minimum absolute atomic E-state index is 0.0258. The van der Waals surface area contributed by atoms with Crippen LogP contribution in [0.2, 0.25) is 0 Å². The van der Waals surface area contributed by atoms with Gasteiger partial charge in [-0.3, -0.25) is 4.79 Å². The van der Waals surface area contributed by atoms with Gasteiger partial charge >= 0.3 is 0 Å². The van der Waals surface area contributed by atoms with Crippen molar-refractivity contribution in [1.29, 1.82) is 0 Å². The Kier molecular flexibility index (Phi) is 4.35. The number of benzene rings is 1. The number of pyridine rings is 1. The van der Waals surface area contributed by atoms with Crippen molar-refractivity contribution in [3.63, 3.8) is 0 Å². The first-order valence-electron chi connectivity index (χ1n) is 8.70. The summed E-state index contributed by atoms with van der Waals surface area (Å²) < 4.78 is 0. The Morgan fingerprint density at radius 2 is 2.00 bits per heavy atom. The molecule has 0 aliphatic carbocycles. The van der Waals surface area contributed by atoms with Gasteiger partial charge in [0.15, 0.2) is 0 Å². The van der Waals surface area contributed by atoms with E-state index in [9.17, 15) is 4.79 Å². The number of para-hydroxylation sites is 1. The first kappa shape index (κ1) is 16.3. The summed E-state index contributed by atoms with van der Waals surface area (Å²) in [5.41, 5.74) is 6.91. The van der Waals surface area contributed by atoms with Crippen molar-refractivity contribution in [2.75, 3.05) is 29.0 Å². The second-order valence-corrected chi connectivity index (χ2v) is 6.42. The summed E-state index contributed by atoms with van der Waals surface area (Å²) in [6.45, 7) is 1.38. The zero-order valence-electron chi connectivity index (χ0n) is 14.3. The summed E-state index contributed by atoms with van der Waals surface area (Å²) in [6.07, 6.45) is 3.39. The number of nitrogens with zero attached hydrogens (tertiary/aromatic N) is 4. The standard InChI is InChI=1S/C19H20N6O/c20-17-14-7-1-2-8-15(14)22-19(24-17)25-11-5-6-13(12-25)18(26)23-16-9-3-4-10-21-16/h1-4,7-10,13H,5-6,11-12H2,(H2,20,22,24)(H,21,23,26). The van der Waals surface area contributed by atoms with E-state index in [2.05, 4.69) is 20.3 Å². The van der Waals surface area contributed by atoms with Gasteiger partial charge in [0.25, 0.3) is 0 Å². The van der Waals surface area contributed by atoms with Crippen molar-refractivity contribution in [2.24, 2.45) is 5.92 Å². The highest BCUT2D eigenvalue weighted by molar-refractivity contribution is 5.92. The Morgan fingerprint density at radius 3 is 2.85 bits per heavy atom. The number of rotatable bonds is 3. The van der Waals surface area contributed by atoms with E-state index in [0.29, 0.717) is 24.1 Å². The van der Waals surface area contributed by atoms with Crippen LogP contribution in [0.1, 0.15) is 12.8 Å². The molecule has 1 unspecified atom stereocenters. The lowest BCUT2D eigenvalue weighted by atomic mass is 9.97. The second-order valence-electron chi connectivity index (χ2n) is 6.42. The van der Waals surface area contributed by atoms with Crippen LogP contribution in [0.3, 0.4) is 0 Å². The van der Waals surface area contributed by atoms with Crippen LogP contribution in [0, 0.1) is 5.92 Å². The van der Waals surface area contributed by atoms with Gasteiger partial charge in [-0.25, -0.2) is 9.97 Å². The lowest BCUT2D eigenvalue weighted by Gasteiger charge is -2.32. The summed E-state index contributed by atoms with van der Waals surface area (Å²) in [5, 5.41) is 3.73. The summed E-state index contributed by atoms with van der Waals surface area (Å²) in [5.74, 6) is 1.45. The number of amides is 1. The Morgan fingerprint density at radius 1 is 1.15 bits per heavy atom.